The molecule has 1 aliphatic heterocycles. The van der Waals surface area contributed by atoms with E-state index >= 15 is 0 Å². The van der Waals surface area contributed by atoms with Crippen LogP contribution >= 0.6 is 0 Å². The Bertz CT molecular complexity index is 201. The van der Waals surface area contributed by atoms with Gasteiger partial charge >= 0.3 is 0 Å². The Kier molecular flexibility index (Phi) is 2.96. The van der Waals surface area contributed by atoms with Gasteiger partial charge in [-0.3, -0.25) is 9.69 Å². The lowest BCUT2D eigenvalue weighted by atomic mass is 9.99. The Labute approximate surface area is 80.7 Å². The van der Waals surface area contributed by atoms with Crippen LogP contribution in [0.15, 0.2) is 0 Å². The van der Waals surface area contributed by atoms with Crippen LogP contribution in [0.2, 0.25) is 0 Å². The molecule has 13 heavy (non-hydrogen) atoms. The van der Waals surface area contributed by atoms with Crippen molar-refractivity contribution in [3.05, 3.63) is 0 Å². The zero-order valence-electron chi connectivity index (χ0n) is 9.13. The highest BCUT2D eigenvalue weighted by Crippen LogP contribution is 2.20. The molecule has 1 aliphatic rings. The SMILES string of the molecule is CCN1CCN(C(C)=O)CC1(C)C. The second-order valence-corrected chi connectivity index (χ2v) is 4.33. The molecule has 0 aliphatic carbocycles. The molecule has 3 heteroatoms. The smallest absolute Gasteiger partial charge is 0.219 e. The number of piperazine rings is 1. The summed E-state index contributed by atoms with van der Waals surface area (Å²) in [6.07, 6.45) is 0. The number of rotatable bonds is 1. The number of nitrogens with zero attached hydrogens (tertiary/aromatic N) is 2. The quantitative estimate of drug-likeness (QED) is 0.606. The molecule has 1 fully saturated rings. The first-order valence-electron chi connectivity index (χ1n) is 4.98. The largest absolute Gasteiger partial charge is 0.340 e. The summed E-state index contributed by atoms with van der Waals surface area (Å²) >= 11 is 0. The summed E-state index contributed by atoms with van der Waals surface area (Å²) in [5.74, 6) is 0.198. The van der Waals surface area contributed by atoms with Gasteiger partial charge in [0.2, 0.25) is 5.91 Å². The molecule has 0 bridgehead atoms. The maximum atomic E-state index is 11.2. The van der Waals surface area contributed by atoms with Crippen molar-refractivity contribution in [2.75, 3.05) is 26.2 Å². The fraction of sp³-hybridized carbons (Fsp3) is 0.900. The molecule has 0 unspecified atom stereocenters. The lowest BCUT2D eigenvalue weighted by molar-refractivity contribution is -0.133. The van der Waals surface area contributed by atoms with Gasteiger partial charge in [0.25, 0.3) is 0 Å². The van der Waals surface area contributed by atoms with E-state index in [-0.39, 0.29) is 11.4 Å². The van der Waals surface area contributed by atoms with Crippen molar-refractivity contribution in [1.82, 2.24) is 9.80 Å². The van der Waals surface area contributed by atoms with Crippen molar-refractivity contribution >= 4 is 5.91 Å². The van der Waals surface area contributed by atoms with E-state index in [1.165, 1.54) is 0 Å². The molecule has 1 amide bonds. The van der Waals surface area contributed by atoms with Crippen molar-refractivity contribution < 1.29 is 4.79 Å². The second-order valence-electron chi connectivity index (χ2n) is 4.33. The summed E-state index contributed by atoms with van der Waals surface area (Å²) in [6, 6.07) is 0. The minimum absolute atomic E-state index is 0.138. The summed E-state index contributed by atoms with van der Waals surface area (Å²) in [7, 11) is 0. The predicted molar refractivity (Wildman–Crippen MR) is 53.6 cm³/mol. The Balaban J connectivity index is 2.64. The van der Waals surface area contributed by atoms with Crippen LogP contribution in [0.4, 0.5) is 0 Å². The lowest BCUT2D eigenvalue weighted by Crippen LogP contribution is -2.59. The monoisotopic (exact) mass is 184 g/mol. The molecule has 0 aromatic rings. The van der Waals surface area contributed by atoms with Crippen LogP contribution in [0.3, 0.4) is 0 Å². The van der Waals surface area contributed by atoms with Crippen LogP contribution in [0.5, 0.6) is 0 Å². The van der Waals surface area contributed by atoms with Gasteiger partial charge in [0.15, 0.2) is 0 Å². The van der Waals surface area contributed by atoms with Gasteiger partial charge in [-0.25, -0.2) is 0 Å². The molecular weight excluding hydrogens is 164 g/mol. The zero-order valence-corrected chi connectivity index (χ0v) is 9.13. The number of carbonyl (C=O) groups is 1. The molecule has 0 aromatic heterocycles. The van der Waals surface area contributed by atoms with Crippen LogP contribution in [-0.4, -0.2) is 47.4 Å². The lowest BCUT2D eigenvalue weighted by Gasteiger charge is -2.46. The fourth-order valence-electron chi connectivity index (χ4n) is 2.05. The van der Waals surface area contributed by atoms with Crippen LogP contribution in [0.1, 0.15) is 27.7 Å². The Morgan fingerprint density at radius 2 is 2.00 bits per heavy atom. The first-order chi connectivity index (χ1) is 5.97. The molecule has 0 saturated carbocycles. The molecule has 1 saturated heterocycles. The van der Waals surface area contributed by atoms with Crippen LogP contribution in [0.25, 0.3) is 0 Å². The van der Waals surface area contributed by atoms with E-state index in [9.17, 15) is 4.79 Å². The number of likely N-dealkylation sites (N-methyl/N-ethyl adjacent to an activating group) is 1. The predicted octanol–water partition coefficient (Wildman–Crippen LogP) is 0.949. The molecular formula is C10H20N2O. The standard InChI is InChI=1S/C10H20N2O/c1-5-12-7-6-11(9(2)13)8-10(12,3)4/h5-8H2,1-4H3. The number of amides is 1. The molecule has 0 spiro atoms. The number of hydrogen-bond donors (Lipinski definition) is 0. The molecule has 3 nitrogen and oxygen atoms in total. The summed E-state index contributed by atoms with van der Waals surface area (Å²) in [4.78, 5) is 15.5. The fourth-order valence-corrected chi connectivity index (χ4v) is 2.05. The van der Waals surface area contributed by atoms with Crippen LogP contribution in [0, 0.1) is 0 Å². The average molecular weight is 184 g/mol. The topological polar surface area (TPSA) is 23.6 Å². The summed E-state index contributed by atoms with van der Waals surface area (Å²) in [5, 5.41) is 0. The van der Waals surface area contributed by atoms with Gasteiger partial charge < -0.3 is 4.90 Å². The van der Waals surface area contributed by atoms with Gasteiger partial charge in [0.05, 0.1) is 0 Å². The molecule has 0 aromatic carbocycles. The first-order valence-corrected chi connectivity index (χ1v) is 4.98. The molecule has 0 radical (unpaired) electrons. The molecule has 1 rings (SSSR count). The molecule has 0 atom stereocenters. The van der Waals surface area contributed by atoms with Crippen LogP contribution in [-0.2, 0) is 4.79 Å². The van der Waals surface area contributed by atoms with Gasteiger partial charge in [-0.05, 0) is 20.4 Å². The molecule has 1 heterocycles. The van der Waals surface area contributed by atoms with E-state index in [0.717, 1.165) is 26.2 Å². The van der Waals surface area contributed by atoms with E-state index in [1.807, 2.05) is 4.90 Å². The molecule has 76 valence electrons. The van der Waals surface area contributed by atoms with Crippen molar-refractivity contribution in [3.8, 4) is 0 Å². The Morgan fingerprint density at radius 3 is 2.38 bits per heavy atom. The average Bonchev–Trinajstić information content (AvgIpc) is 2.02. The highest BCUT2D eigenvalue weighted by atomic mass is 16.2. The minimum Gasteiger partial charge on any atom is -0.340 e. The van der Waals surface area contributed by atoms with Gasteiger partial charge in [-0.1, -0.05) is 6.92 Å². The van der Waals surface area contributed by atoms with Gasteiger partial charge in [-0.2, -0.15) is 0 Å². The maximum absolute atomic E-state index is 11.2. The van der Waals surface area contributed by atoms with E-state index in [0.29, 0.717) is 0 Å². The first kappa shape index (κ1) is 10.5. The van der Waals surface area contributed by atoms with Crippen molar-refractivity contribution in [2.24, 2.45) is 0 Å². The zero-order chi connectivity index (χ0) is 10.1. The van der Waals surface area contributed by atoms with E-state index in [2.05, 4.69) is 25.7 Å². The number of hydrogen-bond acceptors (Lipinski definition) is 2. The molecule has 0 N–H and O–H groups in total. The van der Waals surface area contributed by atoms with Gasteiger partial charge in [-0.15, -0.1) is 0 Å². The van der Waals surface area contributed by atoms with Gasteiger partial charge in [0, 0.05) is 32.1 Å². The van der Waals surface area contributed by atoms with E-state index in [4.69, 9.17) is 0 Å². The van der Waals surface area contributed by atoms with Crippen molar-refractivity contribution in [3.63, 3.8) is 0 Å². The van der Waals surface area contributed by atoms with E-state index < -0.39 is 0 Å². The third kappa shape index (κ3) is 2.21. The Hall–Kier alpha value is -0.570. The third-order valence-electron chi connectivity index (χ3n) is 2.90. The van der Waals surface area contributed by atoms with Crippen LogP contribution < -0.4 is 0 Å². The third-order valence-corrected chi connectivity index (χ3v) is 2.90. The number of carbonyl (C=O) groups excluding carboxylic acids is 1. The highest BCUT2D eigenvalue weighted by Gasteiger charge is 2.33. The summed E-state index contributed by atoms with van der Waals surface area (Å²) in [5.41, 5.74) is 0.138. The summed E-state index contributed by atoms with van der Waals surface area (Å²) < 4.78 is 0. The van der Waals surface area contributed by atoms with Crippen molar-refractivity contribution in [2.45, 2.75) is 33.2 Å². The van der Waals surface area contributed by atoms with Crippen molar-refractivity contribution in [1.29, 1.82) is 0 Å². The maximum Gasteiger partial charge on any atom is 0.219 e. The van der Waals surface area contributed by atoms with E-state index in [1.54, 1.807) is 6.92 Å². The summed E-state index contributed by atoms with van der Waals surface area (Å²) in [6.45, 7) is 12.0. The normalized spacial score (nSPS) is 23.2. The van der Waals surface area contributed by atoms with Gasteiger partial charge in [0.1, 0.15) is 0 Å². The second kappa shape index (κ2) is 3.66. The highest BCUT2D eigenvalue weighted by molar-refractivity contribution is 5.73. The Morgan fingerprint density at radius 1 is 1.38 bits per heavy atom. The minimum atomic E-state index is 0.138.